The fourth-order valence-electron chi connectivity index (χ4n) is 4.25. The zero-order chi connectivity index (χ0) is 25.4. The van der Waals surface area contributed by atoms with Crippen molar-refractivity contribution in [1.29, 1.82) is 0 Å². The number of nitrogens with zero attached hydrogens (tertiary/aromatic N) is 2. The fourth-order valence-corrected chi connectivity index (χ4v) is 5.74. The first kappa shape index (κ1) is 27.4. The Morgan fingerprint density at radius 1 is 1.06 bits per heavy atom. The van der Waals surface area contributed by atoms with Crippen molar-refractivity contribution < 1.29 is 18.0 Å². The lowest BCUT2D eigenvalue weighted by Gasteiger charge is -2.30. The van der Waals surface area contributed by atoms with Crippen molar-refractivity contribution in [1.82, 2.24) is 14.5 Å². The summed E-state index contributed by atoms with van der Waals surface area (Å²) in [4.78, 5) is 28.0. The minimum Gasteiger partial charge on any atom is -0.352 e. The predicted octanol–water partition coefficient (Wildman–Crippen LogP) is 4.33. The Labute approximate surface area is 217 Å². The number of hydrogen-bond donors (Lipinski definition) is 1. The second kappa shape index (κ2) is 12.6. The second-order valence-corrected chi connectivity index (χ2v) is 12.0. The number of rotatable bonds is 11. The smallest absolute Gasteiger partial charge is 0.242 e. The molecular weight excluding hydrogens is 530 g/mol. The average Bonchev–Trinajstić information content (AvgIpc) is 3.36. The summed E-state index contributed by atoms with van der Waals surface area (Å²) in [6.07, 6.45) is 4.67. The molecule has 1 fully saturated rings. The van der Waals surface area contributed by atoms with Crippen LogP contribution in [0.15, 0.2) is 64.0 Å². The zero-order valence-electron chi connectivity index (χ0n) is 20.3. The van der Waals surface area contributed by atoms with Crippen LogP contribution in [-0.2, 0) is 26.2 Å². The van der Waals surface area contributed by atoms with Crippen molar-refractivity contribution in [2.24, 2.45) is 0 Å². The molecule has 1 atom stereocenters. The minimum atomic E-state index is -3.61. The molecule has 0 aromatic heterocycles. The highest BCUT2D eigenvalue weighted by Gasteiger charge is 2.28. The first-order valence-corrected chi connectivity index (χ1v) is 14.3. The van der Waals surface area contributed by atoms with Crippen LogP contribution >= 0.6 is 15.9 Å². The van der Waals surface area contributed by atoms with Crippen LogP contribution in [0.2, 0.25) is 0 Å². The van der Waals surface area contributed by atoms with Crippen LogP contribution in [0.25, 0.3) is 0 Å². The third-order valence-corrected chi connectivity index (χ3v) is 8.85. The molecule has 1 saturated carbocycles. The highest BCUT2D eigenvalue weighted by atomic mass is 79.9. The van der Waals surface area contributed by atoms with Gasteiger partial charge in [-0.05, 0) is 56.0 Å². The van der Waals surface area contributed by atoms with E-state index in [9.17, 15) is 18.0 Å². The van der Waals surface area contributed by atoms with Crippen molar-refractivity contribution in [2.75, 3.05) is 13.6 Å². The van der Waals surface area contributed by atoms with Crippen molar-refractivity contribution in [3.05, 3.63) is 64.6 Å². The standard InChI is InChI=1S/C26H34BrN3O4S/c1-20(26(32)28-23-9-6-7-10-23)30(19-21-14-16-22(27)17-15-21)25(31)13-8-18-29(2)35(33,34)24-11-4-3-5-12-24/h3-5,11-12,14-17,20,23H,6-10,13,18-19H2,1-2H3,(H,28,32)/t20-/m1/s1. The molecule has 0 heterocycles. The molecule has 190 valence electrons. The Bertz CT molecular complexity index is 1090. The Hall–Kier alpha value is -2.23. The number of benzene rings is 2. The van der Waals surface area contributed by atoms with Gasteiger partial charge in [0.05, 0.1) is 4.90 Å². The summed E-state index contributed by atoms with van der Waals surface area (Å²) in [5, 5.41) is 3.09. The van der Waals surface area contributed by atoms with Crippen molar-refractivity contribution in [3.8, 4) is 0 Å². The molecule has 1 aliphatic rings. The summed E-state index contributed by atoms with van der Waals surface area (Å²) < 4.78 is 27.7. The molecule has 0 unspecified atom stereocenters. The Kier molecular flexibility index (Phi) is 9.89. The molecule has 1 aliphatic carbocycles. The summed E-state index contributed by atoms with van der Waals surface area (Å²) in [7, 11) is -2.10. The normalized spacial score (nSPS) is 15.2. The van der Waals surface area contributed by atoms with Crippen LogP contribution in [0.3, 0.4) is 0 Å². The molecule has 7 nitrogen and oxygen atoms in total. The Balaban J connectivity index is 1.64. The van der Waals surface area contributed by atoms with Crippen molar-refractivity contribution in [3.63, 3.8) is 0 Å². The molecule has 9 heteroatoms. The minimum absolute atomic E-state index is 0.145. The molecule has 0 bridgehead atoms. The maximum absolute atomic E-state index is 13.3. The first-order chi connectivity index (χ1) is 16.7. The van der Waals surface area contributed by atoms with Crippen molar-refractivity contribution >= 4 is 37.8 Å². The van der Waals surface area contributed by atoms with E-state index in [1.807, 2.05) is 24.3 Å². The van der Waals surface area contributed by atoms with Gasteiger partial charge >= 0.3 is 0 Å². The summed E-state index contributed by atoms with van der Waals surface area (Å²) in [6, 6.07) is 15.5. The summed E-state index contributed by atoms with van der Waals surface area (Å²) in [6.45, 7) is 2.27. The van der Waals surface area contributed by atoms with Gasteiger partial charge in [0.2, 0.25) is 21.8 Å². The number of nitrogens with one attached hydrogen (secondary N) is 1. The van der Waals surface area contributed by atoms with Gasteiger partial charge in [0.15, 0.2) is 0 Å². The lowest BCUT2D eigenvalue weighted by Crippen LogP contribution is -2.49. The molecule has 0 radical (unpaired) electrons. The second-order valence-electron chi connectivity index (χ2n) is 9.06. The Morgan fingerprint density at radius 2 is 1.69 bits per heavy atom. The summed E-state index contributed by atoms with van der Waals surface area (Å²) in [5.41, 5.74) is 0.922. The van der Waals surface area contributed by atoms with Crippen LogP contribution in [0.5, 0.6) is 0 Å². The lowest BCUT2D eigenvalue weighted by molar-refractivity contribution is -0.141. The summed E-state index contributed by atoms with van der Waals surface area (Å²) >= 11 is 3.42. The topological polar surface area (TPSA) is 86.8 Å². The molecule has 35 heavy (non-hydrogen) atoms. The van der Waals surface area contributed by atoms with Gasteiger partial charge in [-0.25, -0.2) is 12.7 Å². The average molecular weight is 565 g/mol. The van der Waals surface area contributed by atoms with E-state index in [1.165, 1.54) is 11.4 Å². The van der Waals surface area contributed by atoms with E-state index in [1.54, 1.807) is 42.2 Å². The van der Waals surface area contributed by atoms with Gasteiger partial charge < -0.3 is 10.2 Å². The Morgan fingerprint density at radius 3 is 2.31 bits per heavy atom. The lowest BCUT2D eigenvalue weighted by atomic mass is 10.1. The number of halogens is 1. The van der Waals surface area contributed by atoms with Gasteiger partial charge in [-0.15, -0.1) is 0 Å². The highest BCUT2D eigenvalue weighted by Crippen LogP contribution is 2.20. The van der Waals surface area contributed by atoms with Gasteiger partial charge in [-0.2, -0.15) is 0 Å². The molecule has 0 aliphatic heterocycles. The number of carbonyl (C=O) groups is 2. The van der Waals surface area contributed by atoms with E-state index in [0.29, 0.717) is 13.0 Å². The van der Waals surface area contributed by atoms with Crippen molar-refractivity contribution in [2.45, 2.75) is 69.0 Å². The van der Waals surface area contributed by atoms with Gasteiger partial charge in [-0.1, -0.05) is 59.1 Å². The fraction of sp³-hybridized carbons (Fsp3) is 0.462. The number of carbonyl (C=O) groups excluding carboxylic acids is 2. The van der Waals surface area contributed by atoms with Crippen LogP contribution in [0.1, 0.15) is 51.0 Å². The van der Waals surface area contributed by atoms with Crippen LogP contribution in [-0.4, -0.2) is 55.1 Å². The van der Waals surface area contributed by atoms with E-state index >= 15 is 0 Å². The first-order valence-electron chi connectivity index (χ1n) is 12.0. The molecule has 2 aromatic rings. The van der Waals surface area contributed by atoms with Gasteiger partial charge in [0, 0.05) is 37.1 Å². The third-order valence-electron chi connectivity index (χ3n) is 6.45. The van der Waals surface area contributed by atoms with Gasteiger partial charge in [0.1, 0.15) is 6.04 Å². The quantitative estimate of drug-likeness (QED) is 0.441. The van der Waals surface area contributed by atoms with E-state index in [0.717, 1.165) is 35.7 Å². The van der Waals surface area contributed by atoms with Crippen LogP contribution < -0.4 is 5.32 Å². The summed E-state index contributed by atoms with van der Waals surface area (Å²) in [5.74, 6) is -0.321. The molecule has 2 aromatic carbocycles. The maximum atomic E-state index is 13.3. The number of sulfonamides is 1. The maximum Gasteiger partial charge on any atom is 0.242 e. The molecular formula is C26H34BrN3O4S. The zero-order valence-corrected chi connectivity index (χ0v) is 22.7. The highest BCUT2D eigenvalue weighted by molar-refractivity contribution is 9.10. The molecule has 2 amide bonds. The van der Waals surface area contributed by atoms with E-state index in [2.05, 4.69) is 21.2 Å². The SMILES string of the molecule is C[C@H](C(=O)NC1CCCC1)N(Cc1ccc(Br)cc1)C(=O)CCCN(C)S(=O)(=O)c1ccccc1. The van der Waals surface area contributed by atoms with E-state index < -0.39 is 16.1 Å². The predicted molar refractivity (Wildman–Crippen MR) is 140 cm³/mol. The molecule has 0 spiro atoms. The molecule has 3 rings (SSSR count). The molecule has 1 N–H and O–H groups in total. The van der Waals surface area contributed by atoms with E-state index in [4.69, 9.17) is 0 Å². The molecule has 0 saturated heterocycles. The number of hydrogen-bond acceptors (Lipinski definition) is 4. The number of amides is 2. The van der Waals surface area contributed by atoms with Gasteiger partial charge in [-0.3, -0.25) is 9.59 Å². The van der Waals surface area contributed by atoms with E-state index in [-0.39, 0.29) is 35.7 Å². The largest absolute Gasteiger partial charge is 0.352 e. The third kappa shape index (κ3) is 7.62. The monoisotopic (exact) mass is 563 g/mol. The van der Waals surface area contributed by atoms with Crippen LogP contribution in [0.4, 0.5) is 0 Å². The van der Waals surface area contributed by atoms with Crippen LogP contribution in [0, 0.1) is 0 Å². The van der Waals surface area contributed by atoms with Gasteiger partial charge in [0.25, 0.3) is 0 Å².